The molecule has 0 aliphatic carbocycles. The maximum Gasteiger partial charge on any atom is 0.243 e. The third kappa shape index (κ3) is 3.63. The predicted molar refractivity (Wildman–Crippen MR) is 88.9 cm³/mol. The fourth-order valence-electron chi connectivity index (χ4n) is 2.78. The number of piperidine rings is 1. The molecule has 1 heterocycles. The number of benzene rings is 1. The summed E-state index contributed by atoms with van der Waals surface area (Å²) in [5.74, 6) is 0.795. The molecule has 0 bridgehead atoms. The standard InChI is InChI=1S/C17H27NO3S/c1-4-5-13-21-16-9-10-17(15(3)14(16)2)22(19,20)18-11-7-6-8-12-18/h9-10H,4-8,11-13H2,1-3H3. The molecule has 4 nitrogen and oxygen atoms in total. The highest BCUT2D eigenvalue weighted by molar-refractivity contribution is 7.89. The molecule has 0 radical (unpaired) electrons. The molecule has 0 amide bonds. The molecular formula is C17H27NO3S. The number of nitrogens with zero attached hydrogens (tertiary/aromatic N) is 1. The first-order valence-electron chi connectivity index (χ1n) is 8.21. The number of rotatable bonds is 6. The Morgan fingerprint density at radius 2 is 1.77 bits per heavy atom. The molecule has 0 N–H and O–H groups in total. The van der Waals surface area contributed by atoms with Crippen LogP contribution < -0.4 is 4.74 Å². The van der Waals surface area contributed by atoms with Crippen LogP contribution >= 0.6 is 0 Å². The van der Waals surface area contributed by atoms with Gasteiger partial charge in [0.1, 0.15) is 5.75 Å². The van der Waals surface area contributed by atoms with Crippen molar-refractivity contribution in [2.24, 2.45) is 0 Å². The molecule has 1 aromatic carbocycles. The fourth-order valence-corrected chi connectivity index (χ4v) is 4.57. The molecular weight excluding hydrogens is 298 g/mol. The van der Waals surface area contributed by atoms with E-state index in [1.54, 1.807) is 16.4 Å². The third-order valence-electron chi connectivity index (χ3n) is 4.38. The lowest BCUT2D eigenvalue weighted by molar-refractivity contribution is 0.306. The van der Waals surface area contributed by atoms with E-state index >= 15 is 0 Å². The molecule has 0 aromatic heterocycles. The SMILES string of the molecule is CCCCOc1ccc(S(=O)(=O)N2CCCCC2)c(C)c1C. The van der Waals surface area contributed by atoms with Gasteiger partial charge in [-0.3, -0.25) is 0 Å². The lowest BCUT2D eigenvalue weighted by atomic mass is 10.1. The van der Waals surface area contributed by atoms with Crippen LogP contribution in [0, 0.1) is 13.8 Å². The van der Waals surface area contributed by atoms with E-state index in [1.165, 1.54) is 0 Å². The number of hydrogen-bond acceptors (Lipinski definition) is 3. The van der Waals surface area contributed by atoms with Gasteiger partial charge in [-0.2, -0.15) is 4.31 Å². The first-order valence-corrected chi connectivity index (χ1v) is 9.65. The van der Waals surface area contributed by atoms with Gasteiger partial charge >= 0.3 is 0 Å². The molecule has 22 heavy (non-hydrogen) atoms. The Labute approximate surface area is 134 Å². The van der Waals surface area contributed by atoms with E-state index in [0.717, 1.165) is 49.0 Å². The van der Waals surface area contributed by atoms with E-state index in [2.05, 4.69) is 6.92 Å². The number of unbranched alkanes of at least 4 members (excludes halogenated alkanes) is 1. The van der Waals surface area contributed by atoms with Crippen LogP contribution in [0.2, 0.25) is 0 Å². The number of sulfonamides is 1. The van der Waals surface area contributed by atoms with Crippen molar-refractivity contribution >= 4 is 10.0 Å². The maximum atomic E-state index is 12.8. The summed E-state index contributed by atoms with van der Waals surface area (Å²) in [5, 5.41) is 0. The molecule has 5 heteroatoms. The fraction of sp³-hybridized carbons (Fsp3) is 0.647. The van der Waals surface area contributed by atoms with Crippen molar-refractivity contribution in [1.82, 2.24) is 4.31 Å². The lowest BCUT2D eigenvalue weighted by Gasteiger charge is -2.27. The molecule has 0 atom stereocenters. The number of ether oxygens (including phenoxy) is 1. The Morgan fingerprint density at radius 3 is 2.41 bits per heavy atom. The summed E-state index contributed by atoms with van der Waals surface area (Å²) in [4.78, 5) is 0.426. The molecule has 0 unspecified atom stereocenters. The average Bonchev–Trinajstić information content (AvgIpc) is 2.52. The Kier molecular flexibility index (Phi) is 5.87. The molecule has 2 rings (SSSR count). The zero-order valence-electron chi connectivity index (χ0n) is 13.9. The average molecular weight is 325 g/mol. The van der Waals surface area contributed by atoms with Crippen LogP contribution in [0.3, 0.4) is 0 Å². The van der Waals surface area contributed by atoms with Gasteiger partial charge < -0.3 is 4.74 Å². The van der Waals surface area contributed by atoms with Crippen molar-refractivity contribution in [2.75, 3.05) is 19.7 Å². The van der Waals surface area contributed by atoms with Crippen LogP contribution in [0.4, 0.5) is 0 Å². The summed E-state index contributed by atoms with van der Waals surface area (Å²) in [6.45, 7) is 7.88. The minimum Gasteiger partial charge on any atom is -0.493 e. The number of hydrogen-bond donors (Lipinski definition) is 0. The minimum absolute atomic E-state index is 0.426. The van der Waals surface area contributed by atoms with Gasteiger partial charge in [0.15, 0.2) is 0 Å². The first kappa shape index (κ1) is 17.3. The highest BCUT2D eigenvalue weighted by Crippen LogP contribution is 2.30. The normalized spacial score (nSPS) is 16.7. The lowest BCUT2D eigenvalue weighted by Crippen LogP contribution is -2.36. The van der Waals surface area contributed by atoms with Crippen LogP contribution in [0.1, 0.15) is 50.2 Å². The van der Waals surface area contributed by atoms with Gasteiger partial charge in [-0.15, -0.1) is 0 Å². The second-order valence-corrected chi connectivity index (χ2v) is 7.88. The van der Waals surface area contributed by atoms with E-state index in [1.807, 2.05) is 13.8 Å². The summed E-state index contributed by atoms with van der Waals surface area (Å²) < 4.78 is 33.0. The molecule has 1 aromatic rings. The van der Waals surface area contributed by atoms with Crippen LogP contribution in [0.25, 0.3) is 0 Å². The Hall–Kier alpha value is -1.07. The van der Waals surface area contributed by atoms with E-state index < -0.39 is 10.0 Å². The van der Waals surface area contributed by atoms with Crippen molar-refractivity contribution in [2.45, 2.75) is 57.8 Å². The molecule has 1 fully saturated rings. The first-order chi connectivity index (χ1) is 10.5. The van der Waals surface area contributed by atoms with Crippen molar-refractivity contribution in [3.8, 4) is 5.75 Å². The Bertz CT molecular complexity index is 605. The molecule has 0 saturated carbocycles. The van der Waals surface area contributed by atoms with Gasteiger partial charge in [0.05, 0.1) is 11.5 Å². The van der Waals surface area contributed by atoms with Gasteiger partial charge in [-0.05, 0) is 56.4 Å². The topological polar surface area (TPSA) is 46.6 Å². The van der Waals surface area contributed by atoms with Crippen LogP contribution in [0.5, 0.6) is 5.75 Å². The minimum atomic E-state index is -3.38. The quantitative estimate of drug-likeness (QED) is 0.750. The molecule has 0 spiro atoms. The summed E-state index contributed by atoms with van der Waals surface area (Å²) in [5.41, 5.74) is 1.73. The van der Waals surface area contributed by atoms with Crippen molar-refractivity contribution in [3.05, 3.63) is 23.3 Å². The zero-order valence-corrected chi connectivity index (χ0v) is 14.7. The van der Waals surface area contributed by atoms with Crippen LogP contribution in [0.15, 0.2) is 17.0 Å². The smallest absolute Gasteiger partial charge is 0.243 e. The van der Waals surface area contributed by atoms with Crippen molar-refractivity contribution < 1.29 is 13.2 Å². The summed E-state index contributed by atoms with van der Waals surface area (Å²) >= 11 is 0. The molecule has 124 valence electrons. The Morgan fingerprint density at radius 1 is 1.09 bits per heavy atom. The summed E-state index contributed by atoms with van der Waals surface area (Å²) in [6.07, 6.45) is 5.12. The van der Waals surface area contributed by atoms with E-state index in [-0.39, 0.29) is 0 Å². The van der Waals surface area contributed by atoms with Crippen molar-refractivity contribution in [3.63, 3.8) is 0 Å². The highest BCUT2D eigenvalue weighted by atomic mass is 32.2. The van der Waals surface area contributed by atoms with Crippen LogP contribution in [-0.2, 0) is 10.0 Å². The second kappa shape index (κ2) is 7.47. The zero-order chi connectivity index (χ0) is 16.2. The largest absolute Gasteiger partial charge is 0.493 e. The van der Waals surface area contributed by atoms with Gasteiger partial charge in [0.25, 0.3) is 0 Å². The highest BCUT2D eigenvalue weighted by Gasteiger charge is 2.28. The molecule has 1 aliphatic rings. The monoisotopic (exact) mass is 325 g/mol. The molecule has 1 aliphatic heterocycles. The second-order valence-electron chi connectivity index (χ2n) is 5.98. The van der Waals surface area contributed by atoms with Gasteiger partial charge in [-0.25, -0.2) is 8.42 Å². The predicted octanol–water partition coefficient (Wildman–Crippen LogP) is 3.66. The van der Waals surface area contributed by atoms with Gasteiger partial charge in [0.2, 0.25) is 10.0 Å². The molecule has 1 saturated heterocycles. The maximum absolute atomic E-state index is 12.8. The Balaban J connectivity index is 2.26. The van der Waals surface area contributed by atoms with Crippen LogP contribution in [-0.4, -0.2) is 32.4 Å². The van der Waals surface area contributed by atoms with E-state index in [4.69, 9.17) is 4.74 Å². The van der Waals surface area contributed by atoms with E-state index in [9.17, 15) is 8.42 Å². The van der Waals surface area contributed by atoms with Gasteiger partial charge in [-0.1, -0.05) is 19.8 Å². The van der Waals surface area contributed by atoms with Crippen molar-refractivity contribution in [1.29, 1.82) is 0 Å². The van der Waals surface area contributed by atoms with Gasteiger partial charge in [0, 0.05) is 13.1 Å². The summed E-state index contributed by atoms with van der Waals surface area (Å²) in [6, 6.07) is 3.50. The van der Waals surface area contributed by atoms with E-state index in [0.29, 0.717) is 24.6 Å². The third-order valence-corrected chi connectivity index (χ3v) is 6.42. The summed E-state index contributed by atoms with van der Waals surface area (Å²) in [7, 11) is -3.38.